The molecule has 2 aromatic rings. The van der Waals surface area contributed by atoms with Crippen LogP contribution in [0.1, 0.15) is 6.42 Å². The highest BCUT2D eigenvalue weighted by atomic mass is 32.2. The van der Waals surface area contributed by atoms with Crippen molar-refractivity contribution in [2.75, 3.05) is 38.5 Å². The van der Waals surface area contributed by atoms with Crippen molar-refractivity contribution in [3.8, 4) is 17.2 Å². The van der Waals surface area contributed by atoms with Gasteiger partial charge < -0.3 is 19.1 Å². The first-order chi connectivity index (χ1) is 12.2. The number of ether oxygens (including phenoxy) is 3. The average molecular weight is 361 g/mol. The molecule has 0 aliphatic carbocycles. The van der Waals surface area contributed by atoms with Gasteiger partial charge in [0.1, 0.15) is 0 Å². The summed E-state index contributed by atoms with van der Waals surface area (Å²) in [7, 11) is 4.67. The molecule has 6 heteroatoms. The highest BCUT2D eigenvalue weighted by Gasteiger charge is 2.16. The van der Waals surface area contributed by atoms with Gasteiger partial charge in [0.05, 0.1) is 27.0 Å². The lowest BCUT2D eigenvalue weighted by atomic mass is 10.2. The maximum absolute atomic E-state index is 11.5. The van der Waals surface area contributed by atoms with Crippen LogP contribution in [0, 0.1) is 0 Å². The monoisotopic (exact) mass is 361 g/mol. The van der Waals surface area contributed by atoms with Crippen LogP contribution in [0.3, 0.4) is 0 Å². The van der Waals surface area contributed by atoms with E-state index in [2.05, 4.69) is 12.1 Å². The SMILES string of the molecule is COc1cc(N(C=O)CCCSc2ccccc2)cc(OC)c1OC. The number of hydrogen-bond donors (Lipinski definition) is 0. The third kappa shape index (κ3) is 5.06. The molecule has 0 aliphatic heterocycles. The molecule has 5 nitrogen and oxygen atoms in total. The minimum Gasteiger partial charge on any atom is -0.493 e. The van der Waals surface area contributed by atoms with Gasteiger partial charge in [-0.15, -0.1) is 11.8 Å². The van der Waals surface area contributed by atoms with Crippen molar-refractivity contribution in [3.05, 3.63) is 42.5 Å². The molecular formula is C19H23NO4S. The van der Waals surface area contributed by atoms with Gasteiger partial charge in [0.15, 0.2) is 11.5 Å². The number of methoxy groups -OCH3 is 3. The van der Waals surface area contributed by atoms with Crippen molar-refractivity contribution in [1.29, 1.82) is 0 Å². The Bertz CT molecular complexity index is 653. The van der Waals surface area contributed by atoms with E-state index in [-0.39, 0.29) is 0 Å². The van der Waals surface area contributed by atoms with Crippen molar-refractivity contribution in [2.45, 2.75) is 11.3 Å². The maximum Gasteiger partial charge on any atom is 0.214 e. The molecule has 25 heavy (non-hydrogen) atoms. The van der Waals surface area contributed by atoms with Crippen LogP contribution in [-0.2, 0) is 4.79 Å². The number of carbonyl (C=O) groups is 1. The fourth-order valence-corrected chi connectivity index (χ4v) is 3.28. The van der Waals surface area contributed by atoms with E-state index >= 15 is 0 Å². The zero-order valence-corrected chi connectivity index (χ0v) is 15.5. The van der Waals surface area contributed by atoms with E-state index in [4.69, 9.17) is 14.2 Å². The third-order valence-corrected chi connectivity index (χ3v) is 4.76. The van der Waals surface area contributed by atoms with Crippen molar-refractivity contribution in [3.63, 3.8) is 0 Å². The third-order valence-electron chi connectivity index (χ3n) is 3.66. The van der Waals surface area contributed by atoms with E-state index in [9.17, 15) is 4.79 Å². The summed E-state index contributed by atoms with van der Waals surface area (Å²) in [5.41, 5.74) is 0.717. The summed E-state index contributed by atoms with van der Waals surface area (Å²) in [5, 5.41) is 0. The van der Waals surface area contributed by atoms with Crippen molar-refractivity contribution < 1.29 is 19.0 Å². The van der Waals surface area contributed by atoms with Crippen LogP contribution < -0.4 is 19.1 Å². The molecule has 0 saturated carbocycles. The molecule has 2 rings (SSSR count). The normalized spacial score (nSPS) is 10.2. The van der Waals surface area contributed by atoms with Gasteiger partial charge >= 0.3 is 0 Å². The largest absolute Gasteiger partial charge is 0.493 e. The smallest absolute Gasteiger partial charge is 0.214 e. The number of carbonyl (C=O) groups excluding carboxylic acids is 1. The second kappa shape index (κ2) is 9.84. The summed E-state index contributed by atoms with van der Waals surface area (Å²) in [4.78, 5) is 14.4. The van der Waals surface area contributed by atoms with E-state index in [0.717, 1.165) is 18.6 Å². The number of nitrogens with zero attached hydrogens (tertiary/aromatic N) is 1. The number of benzene rings is 2. The van der Waals surface area contributed by atoms with Crippen LogP contribution >= 0.6 is 11.8 Å². The Morgan fingerprint density at radius 3 is 2.16 bits per heavy atom. The summed E-state index contributed by atoms with van der Waals surface area (Å²) < 4.78 is 16.0. The Balaban J connectivity index is 2.03. The summed E-state index contributed by atoms with van der Waals surface area (Å²) in [6.45, 7) is 0.613. The maximum atomic E-state index is 11.5. The molecule has 1 amide bonds. The minimum absolute atomic E-state index is 0.513. The lowest BCUT2D eigenvalue weighted by Gasteiger charge is -2.20. The van der Waals surface area contributed by atoms with Crippen LogP contribution in [-0.4, -0.2) is 40.0 Å². The molecule has 0 radical (unpaired) electrons. The lowest BCUT2D eigenvalue weighted by Crippen LogP contribution is -2.23. The molecule has 0 aromatic heterocycles. The van der Waals surface area contributed by atoms with Gasteiger partial charge in [-0.05, 0) is 24.3 Å². The van der Waals surface area contributed by atoms with Gasteiger partial charge in [0.2, 0.25) is 12.2 Å². The fraction of sp³-hybridized carbons (Fsp3) is 0.316. The predicted molar refractivity (Wildman–Crippen MR) is 101 cm³/mol. The molecule has 0 aliphatic rings. The summed E-state index contributed by atoms with van der Waals surface area (Å²) in [5.74, 6) is 2.50. The van der Waals surface area contributed by atoms with Crippen molar-refractivity contribution in [2.24, 2.45) is 0 Å². The number of anilines is 1. The highest BCUT2D eigenvalue weighted by molar-refractivity contribution is 7.99. The zero-order chi connectivity index (χ0) is 18.1. The molecule has 0 unspecified atom stereocenters. The van der Waals surface area contributed by atoms with E-state index in [1.807, 2.05) is 18.2 Å². The Hall–Kier alpha value is -2.34. The van der Waals surface area contributed by atoms with Crippen LogP contribution in [0.2, 0.25) is 0 Å². The van der Waals surface area contributed by atoms with Gasteiger partial charge in [-0.25, -0.2) is 0 Å². The van der Waals surface area contributed by atoms with E-state index in [1.165, 1.54) is 4.90 Å². The second-order valence-electron chi connectivity index (χ2n) is 5.20. The van der Waals surface area contributed by atoms with Crippen molar-refractivity contribution in [1.82, 2.24) is 0 Å². The zero-order valence-electron chi connectivity index (χ0n) is 14.7. The predicted octanol–water partition coefficient (Wildman–Crippen LogP) is 3.86. The average Bonchev–Trinajstić information content (AvgIpc) is 2.67. The molecule has 134 valence electrons. The van der Waals surface area contributed by atoms with E-state index < -0.39 is 0 Å². The summed E-state index contributed by atoms with van der Waals surface area (Å²) >= 11 is 1.78. The molecule has 0 fully saturated rings. The molecule has 2 aromatic carbocycles. The molecule has 0 bridgehead atoms. The topological polar surface area (TPSA) is 48.0 Å². The Morgan fingerprint density at radius 1 is 1.00 bits per heavy atom. The minimum atomic E-state index is 0.513. The molecular weight excluding hydrogens is 338 g/mol. The summed E-state index contributed by atoms with van der Waals surface area (Å²) in [6.07, 6.45) is 1.70. The first-order valence-electron chi connectivity index (χ1n) is 7.93. The molecule has 0 heterocycles. The van der Waals surface area contributed by atoms with Crippen LogP contribution in [0.4, 0.5) is 5.69 Å². The summed E-state index contributed by atoms with van der Waals surface area (Å²) in [6, 6.07) is 13.8. The van der Waals surface area contributed by atoms with Gasteiger partial charge in [0.25, 0.3) is 0 Å². The number of hydrogen-bond acceptors (Lipinski definition) is 5. The standard InChI is InChI=1S/C19H23NO4S/c1-22-17-12-15(13-18(23-2)19(17)24-3)20(14-21)10-7-11-25-16-8-5-4-6-9-16/h4-6,8-9,12-14H,7,10-11H2,1-3H3. The van der Waals surface area contributed by atoms with Crippen LogP contribution in [0.25, 0.3) is 0 Å². The van der Waals surface area contributed by atoms with E-state index in [1.54, 1.807) is 50.1 Å². The molecule has 0 atom stereocenters. The highest BCUT2D eigenvalue weighted by Crippen LogP contribution is 2.40. The van der Waals surface area contributed by atoms with E-state index in [0.29, 0.717) is 29.5 Å². The Morgan fingerprint density at radius 2 is 1.64 bits per heavy atom. The van der Waals surface area contributed by atoms with Gasteiger partial charge in [0, 0.05) is 23.6 Å². The van der Waals surface area contributed by atoms with Gasteiger partial charge in [-0.2, -0.15) is 0 Å². The number of amides is 1. The Kier molecular flexibility index (Phi) is 7.47. The van der Waals surface area contributed by atoms with Crippen LogP contribution in [0.15, 0.2) is 47.4 Å². The number of rotatable bonds is 10. The van der Waals surface area contributed by atoms with Crippen LogP contribution in [0.5, 0.6) is 17.2 Å². The van der Waals surface area contributed by atoms with Crippen molar-refractivity contribution >= 4 is 23.9 Å². The first kappa shape index (κ1) is 19.0. The fourth-order valence-electron chi connectivity index (χ4n) is 2.42. The lowest BCUT2D eigenvalue weighted by molar-refractivity contribution is -0.107. The second-order valence-corrected chi connectivity index (χ2v) is 6.37. The molecule has 0 saturated heterocycles. The van der Waals surface area contributed by atoms with Gasteiger partial charge in [-0.1, -0.05) is 18.2 Å². The number of thioether (sulfide) groups is 1. The quantitative estimate of drug-likeness (QED) is 0.365. The Labute approximate surface area is 152 Å². The van der Waals surface area contributed by atoms with Gasteiger partial charge in [-0.3, -0.25) is 4.79 Å². The first-order valence-corrected chi connectivity index (χ1v) is 8.91. The molecule has 0 N–H and O–H groups in total. The molecule has 0 spiro atoms.